The second-order valence-electron chi connectivity index (χ2n) is 33.8. The summed E-state index contributed by atoms with van der Waals surface area (Å²) in [5.41, 5.74) is 24.2. The number of hydrogen-bond donors (Lipinski definition) is 6. The summed E-state index contributed by atoms with van der Waals surface area (Å²) in [6, 6.07) is 57.1. The Kier molecular flexibility index (Phi) is 24.2. The molecule has 6 N–H and O–H groups in total. The first kappa shape index (κ1) is 80.9. The van der Waals surface area contributed by atoms with E-state index >= 15 is 0 Å². The van der Waals surface area contributed by atoms with E-state index in [-0.39, 0.29) is 30.2 Å². The number of carbonyl (C=O) groups excluding carboxylic acids is 4. The standard InChI is InChI=1S/C26H30N4O2.C25H28N4O2.2C23H25N5O/c1-17(31)20-5-3-6-21(13-20)22-7-4-8-23(14-22)27-26-24-16-29(18(2)32)12-11-25(24)30(28-26)15-19-9-10-19;1-17(31)28-12-11-24-23(15-28)25(27-29(24)14-18-5-6-18)26-22-4-2-3-21(13-22)20-9-7-19(16-30)8-10-20;1-16(29)27-11-9-22-21(15-27)23(26-28(22)14-17-7-8-17)25-20-6-2-4-18(12-20)19-5-3-10-24-13-19;1-16(29)27-12-9-22-21(15-27)23(26-28(22)14-17-5-6-17)25-20-4-2-3-19(13-20)18-7-10-24-11-8-18/h3-8,13-14,17,19,31H,9-12,15-16H2,1-2H3,(H,27,28);2-4,7-10,13,18,30H,5-6,11-12,14-16H2,1H3,(H,26,27);2-6,10,12-13,17H,7-9,11,14-15H2,1H3,(H,25,26);2-4,7-8,10-11,13,17H,5-6,9,12,14-15H2,1H3,(H,25,26). The lowest BCUT2D eigenvalue weighted by Crippen LogP contribution is -2.34. The number of aliphatic hydroxyl groups excluding tert-OH is 2. The first-order valence-corrected chi connectivity index (χ1v) is 43.1. The third-order valence-corrected chi connectivity index (χ3v) is 24.5. The molecular formula is C97H108N18O6. The van der Waals surface area contributed by atoms with Gasteiger partial charge < -0.3 is 51.1 Å². The summed E-state index contributed by atoms with van der Waals surface area (Å²) in [6.45, 7) is 17.8. The van der Waals surface area contributed by atoms with Crippen molar-refractivity contribution in [1.82, 2.24) is 68.7 Å². The summed E-state index contributed by atoms with van der Waals surface area (Å²) in [4.78, 5) is 63.8. The molecule has 0 spiro atoms. The monoisotopic (exact) mass is 1620 g/mol. The molecule has 6 aromatic carbocycles. The number of benzene rings is 6. The highest BCUT2D eigenvalue weighted by atomic mass is 16.3. The number of aromatic nitrogens is 10. The molecule has 24 nitrogen and oxygen atoms in total. The van der Waals surface area contributed by atoms with Gasteiger partial charge in [0.2, 0.25) is 23.6 Å². The number of hydrogen-bond acceptors (Lipinski definition) is 16. The molecule has 622 valence electrons. The van der Waals surface area contributed by atoms with Crippen LogP contribution in [0.3, 0.4) is 0 Å². The quantitative estimate of drug-likeness (QED) is 0.0368. The summed E-state index contributed by atoms with van der Waals surface area (Å²) < 4.78 is 8.70. The summed E-state index contributed by atoms with van der Waals surface area (Å²) in [5, 5.41) is 53.0. The molecular weight excluding hydrogens is 1510 g/mol. The minimum absolute atomic E-state index is 0.0494. The van der Waals surface area contributed by atoms with Crippen molar-refractivity contribution in [2.24, 2.45) is 23.7 Å². The molecule has 20 rings (SSSR count). The number of amides is 4. The van der Waals surface area contributed by atoms with Crippen LogP contribution in [-0.4, -0.2) is 129 Å². The van der Waals surface area contributed by atoms with E-state index in [1.165, 1.54) is 74.1 Å². The Bertz CT molecular complexity index is 5550. The van der Waals surface area contributed by atoms with Gasteiger partial charge >= 0.3 is 0 Å². The summed E-state index contributed by atoms with van der Waals surface area (Å²) in [6.07, 6.45) is 20.5. The Balaban J connectivity index is 0.000000115. The number of rotatable bonds is 22. The molecule has 0 radical (unpaired) electrons. The first-order chi connectivity index (χ1) is 58.9. The van der Waals surface area contributed by atoms with E-state index in [1.54, 1.807) is 40.8 Å². The molecule has 4 saturated carbocycles. The second-order valence-corrected chi connectivity index (χ2v) is 33.8. The predicted molar refractivity (Wildman–Crippen MR) is 472 cm³/mol. The Morgan fingerprint density at radius 2 is 0.669 bits per heavy atom. The zero-order chi connectivity index (χ0) is 83.2. The van der Waals surface area contributed by atoms with Gasteiger partial charge in [0.25, 0.3) is 0 Å². The van der Waals surface area contributed by atoms with Gasteiger partial charge in [0.15, 0.2) is 23.3 Å². The highest BCUT2D eigenvalue weighted by Crippen LogP contribution is 2.41. The highest BCUT2D eigenvalue weighted by molar-refractivity contribution is 5.79. The van der Waals surface area contributed by atoms with Crippen molar-refractivity contribution in [2.45, 2.75) is 177 Å². The van der Waals surface area contributed by atoms with E-state index in [0.29, 0.717) is 26.2 Å². The third-order valence-electron chi connectivity index (χ3n) is 24.5. The van der Waals surface area contributed by atoms with E-state index in [1.807, 2.05) is 135 Å². The van der Waals surface area contributed by atoms with Gasteiger partial charge in [-0.25, -0.2) is 0 Å². The molecule has 8 aliphatic rings. The van der Waals surface area contributed by atoms with Crippen molar-refractivity contribution >= 4 is 69.6 Å². The van der Waals surface area contributed by atoms with E-state index in [2.05, 4.69) is 123 Å². The highest BCUT2D eigenvalue weighted by Gasteiger charge is 2.35. The molecule has 0 bridgehead atoms. The fraction of sp³-hybridized carbons (Fsp3) is 0.361. The molecule has 121 heavy (non-hydrogen) atoms. The lowest BCUT2D eigenvalue weighted by Gasteiger charge is -2.26. The van der Waals surface area contributed by atoms with Crippen LogP contribution in [0.15, 0.2) is 195 Å². The maximum absolute atomic E-state index is 12.0. The fourth-order valence-corrected chi connectivity index (χ4v) is 16.7. The van der Waals surface area contributed by atoms with Crippen LogP contribution in [0.2, 0.25) is 0 Å². The van der Waals surface area contributed by atoms with E-state index in [9.17, 15) is 29.4 Å². The van der Waals surface area contributed by atoms with Crippen LogP contribution < -0.4 is 21.3 Å². The van der Waals surface area contributed by atoms with Crippen LogP contribution in [-0.2, 0) is 104 Å². The minimum Gasteiger partial charge on any atom is -0.392 e. The molecule has 4 fully saturated rings. The molecule has 0 saturated heterocycles. The molecule has 6 aromatic heterocycles. The Morgan fingerprint density at radius 1 is 0.364 bits per heavy atom. The Morgan fingerprint density at radius 3 is 0.975 bits per heavy atom. The number of anilines is 8. The van der Waals surface area contributed by atoms with Crippen molar-refractivity contribution in [3.05, 3.63) is 251 Å². The minimum atomic E-state index is -0.498. The van der Waals surface area contributed by atoms with E-state index < -0.39 is 6.10 Å². The van der Waals surface area contributed by atoms with Gasteiger partial charge in [0.05, 0.1) is 38.9 Å². The lowest BCUT2D eigenvalue weighted by molar-refractivity contribution is -0.130. The number of aliphatic hydroxyl groups is 2. The molecule has 12 aromatic rings. The van der Waals surface area contributed by atoms with Crippen LogP contribution in [0.25, 0.3) is 44.5 Å². The zero-order valence-electron chi connectivity index (χ0n) is 69.8. The first-order valence-electron chi connectivity index (χ1n) is 43.1. The average Bonchev–Trinajstić information content (AvgIpc) is 1.65. The summed E-state index contributed by atoms with van der Waals surface area (Å²) in [7, 11) is 0. The number of fused-ring (bicyclic) bond motifs is 4. The zero-order valence-corrected chi connectivity index (χ0v) is 69.8. The maximum atomic E-state index is 12.0. The Hall–Kier alpha value is -12.5. The predicted octanol–water partition coefficient (Wildman–Crippen LogP) is 16.8. The van der Waals surface area contributed by atoms with Gasteiger partial charge in [0, 0.05) is 204 Å². The smallest absolute Gasteiger partial charge is 0.219 e. The summed E-state index contributed by atoms with van der Waals surface area (Å²) >= 11 is 0. The van der Waals surface area contributed by atoms with Crippen LogP contribution in [0.1, 0.15) is 148 Å². The van der Waals surface area contributed by atoms with Gasteiger partial charge in [0.1, 0.15) is 0 Å². The van der Waals surface area contributed by atoms with Crippen LogP contribution in [0.4, 0.5) is 46.0 Å². The van der Waals surface area contributed by atoms with Gasteiger partial charge in [-0.1, -0.05) is 97.1 Å². The van der Waals surface area contributed by atoms with Crippen LogP contribution in [0.5, 0.6) is 0 Å². The number of pyridine rings is 2. The van der Waals surface area contributed by atoms with Crippen molar-refractivity contribution in [3.8, 4) is 44.5 Å². The largest absolute Gasteiger partial charge is 0.392 e. The number of carbonyl (C=O) groups is 4. The van der Waals surface area contributed by atoms with Crippen LogP contribution >= 0.6 is 0 Å². The van der Waals surface area contributed by atoms with Crippen molar-refractivity contribution in [2.75, 3.05) is 47.4 Å². The molecule has 24 heteroatoms. The van der Waals surface area contributed by atoms with E-state index in [0.717, 1.165) is 226 Å². The molecule has 1 atom stereocenters. The van der Waals surface area contributed by atoms with Crippen LogP contribution in [0, 0.1) is 23.7 Å². The topological polar surface area (TPSA) is 267 Å². The Labute approximate surface area is 707 Å². The number of nitrogens with one attached hydrogen (secondary N) is 4. The van der Waals surface area contributed by atoms with Gasteiger partial charge in [-0.05, 0) is 205 Å². The number of nitrogens with zero attached hydrogens (tertiary/aromatic N) is 14. The normalized spacial score (nSPS) is 16.0. The van der Waals surface area contributed by atoms with Crippen molar-refractivity contribution in [3.63, 3.8) is 0 Å². The second kappa shape index (κ2) is 36.2. The van der Waals surface area contributed by atoms with Gasteiger partial charge in [-0.15, -0.1) is 0 Å². The lowest BCUT2D eigenvalue weighted by atomic mass is 10.0. The molecule has 4 aliphatic carbocycles. The third kappa shape index (κ3) is 19.8. The summed E-state index contributed by atoms with van der Waals surface area (Å²) in [5.74, 6) is 6.90. The molecule has 10 heterocycles. The van der Waals surface area contributed by atoms with E-state index in [4.69, 9.17) is 20.4 Å². The fourth-order valence-electron chi connectivity index (χ4n) is 16.7. The van der Waals surface area contributed by atoms with Gasteiger partial charge in [-0.3, -0.25) is 47.9 Å². The molecule has 4 aliphatic heterocycles. The SMILES string of the molecule is CC(=O)N1CCc2c(c(Nc3cccc(-c4ccc(CO)cc4)c3)nn2CC2CC2)C1.CC(=O)N1CCc2c(c(Nc3cccc(-c4cccc(C(C)O)c4)c3)nn2CC2CC2)C1.CC(=O)N1CCc2c(c(Nc3cccc(-c4cccnc4)c3)nn2CC2CC2)C1.CC(=O)N1CCc2c(c(Nc3cccc(-c4ccncc4)c3)nn2CC2CC2)C1. The van der Waals surface area contributed by atoms with Gasteiger partial charge in [-0.2, -0.15) is 20.4 Å². The van der Waals surface area contributed by atoms with Crippen molar-refractivity contribution < 1.29 is 29.4 Å². The molecule has 4 amide bonds. The molecule has 1 unspecified atom stereocenters. The van der Waals surface area contributed by atoms with Crippen molar-refractivity contribution in [1.29, 1.82) is 0 Å². The maximum Gasteiger partial charge on any atom is 0.219 e. The average molecular weight is 1620 g/mol.